The summed E-state index contributed by atoms with van der Waals surface area (Å²) in [5.41, 5.74) is 1.70. The minimum atomic E-state index is 0.214. The Kier molecular flexibility index (Phi) is 3.65. The SMILES string of the molecule is Cc1cc(C)c(C(Cl)C2(C)CCCCC2)s1. The summed E-state index contributed by atoms with van der Waals surface area (Å²) in [6.07, 6.45) is 6.67. The van der Waals surface area contributed by atoms with E-state index in [2.05, 4.69) is 26.8 Å². The van der Waals surface area contributed by atoms with Gasteiger partial charge < -0.3 is 0 Å². The van der Waals surface area contributed by atoms with Crippen LogP contribution in [0, 0.1) is 19.3 Å². The summed E-state index contributed by atoms with van der Waals surface area (Å²) < 4.78 is 0. The van der Waals surface area contributed by atoms with E-state index in [1.54, 1.807) is 0 Å². The molecule has 0 amide bonds. The van der Waals surface area contributed by atoms with Gasteiger partial charge in [-0.25, -0.2) is 0 Å². The molecule has 1 aromatic rings. The van der Waals surface area contributed by atoms with Crippen molar-refractivity contribution in [2.45, 2.75) is 58.3 Å². The van der Waals surface area contributed by atoms with Crippen molar-refractivity contribution in [3.63, 3.8) is 0 Å². The number of hydrogen-bond donors (Lipinski definition) is 0. The predicted octanol–water partition coefficient (Wildman–Crippen LogP) is 5.62. The van der Waals surface area contributed by atoms with E-state index < -0.39 is 0 Å². The molecule has 0 N–H and O–H groups in total. The highest BCUT2D eigenvalue weighted by atomic mass is 35.5. The van der Waals surface area contributed by atoms with Crippen molar-refractivity contribution in [1.82, 2.24) is 0 Å². The number of rotatable bonds is 2. The zero-order chi connectivity index (χ0) is 11.8. The Morgan fingerprint density at radius 1 is 1.25 bits per heavy atom. The minimum absolute atomic E-state index is 0.214. The van der Waals surface area contributed by atoms with Gasteiger partial charge in [0.2, 0.25) is 0 Å². The molecule has 1 aromatic heterocycles. The Labute approximate surface area is 108 Å². The first-order valence-electron chi connectivity index (χ1n) is 6.24. The van der Waals surface area contributed by atoms with Crippen LogP contribution in [0.5, 0.6) is 0 Å². The average Bonchev–Trinajstić information content (AvgIpc) is 2.58. The van der Waals surface area contributed by atoms with E-state index in [4.69, 9.17) is 11.6 Å². The summed E-state index contributed by atoms with van der Waals surface area (Å²) in [5, 5.41) is 0.214. The van der Waals surface area contributed by atoms with E-state index in [9.17, 15) is 0 Å². The van der Waals surface area contributed by atoms with Crippen molar-refractivity contribution < 1.29 is 0 Å². The third kappa shape index (κ3) is 2.31. The molecule has 0 nitrogen and oxygen atoms in total. The fourth-order valence-electron chi connectivity index (χ4n) is 2.84. The van der Waals surface area contributed by atoms with Gasteiger partial charge >= 0.3 is 0 Å². The molecular formula is C14H21ClS. The molecule has 1 aliphatic rings. The maximum absolute atomic E-state index is 6.76. The molecule has 1 atom stereocenters. The quantitative estimate of drug-likeness (QED) is 0.603. The molecule has 0 radical (unpaired) electrons. The van der Waals surface area contributed by atoms with E-state index in [0.717, 1.165) is 0 Å². The van der Waals surface area contributed by atoms with Gasteiger partial charge in [-0.3, -0.25) is 0 Å². The van der Waals surface area contributed by atoms with Crippen LogP contribution < -0.4 is 0 Å². The summed E-state index contributed by atoms with van der Waals surface area (Å²) in [6, 6.07) is 2.27. The van der Waals surface area contributed by atoms with Crippen LogP contribution in [0.4, 0.5) is 0 Å². The van der Waals surface area contributed by atoms with E-state index >= 15 is 0 Å². The molecule has 1 aliphatic carbocycles. The minimum Gasteiger partial charge on any atom is -0.144 e. The van der Waals surface area contributed by atoms with Gasteiger partial charge in [0.1, 0.15) is 0 Å². The van der Waals surface area contributed by atoms with Crippen LogP contribution in [0.3, 0.4) is 0 Å². The van der Waals surface area contributed by atoms with Gasteiger partial charge in [-0.05, 0) is 43.7 Å². The zero-order valence-corrected chi connectivity index (χ0v) is 12.0. The Balaban J connectivity index is 2.23. The third-order valence-electron chi connectivity index (χ3n) is 3.92. The molecule has 1 saturated carbocycles. The van der Waals surface area contributed by atoms with Gasteiger partial charge in [0.05, 0.1) is 5.38 Å². The highest BCUT2D eigenvalue weighted by Crippen LogP contribution is 2.51. The molecule has 1 fully saturated rings. The van der Waals surface area contributed by atoms with Crippen molar-refractivity contribution in [2.24, 2.45) is 5.41 Å². The van der Waals surface area contributed by atoms with E-state index in [-0.39, 0.29) is 5.38 Å². The molecule has 16 heavy (non-hydrogen) atoms. The van der Waals surface area contributed by atoms with Gasteiger partial charge in [0.25, 0.3) is 0 Å². The van der Waals surface area contributed by atoms with Crippen LogP contribution in [0.1, 0.15) is 59.7 Å². The lowest BCUT2D eigenvalue weighted by atomic mass is 9.72. The van der Waals surface area contributed by atoms with Gasteiger partial charge in [-0.2, -0.15) is 0 Å². The second-order valence-electron chi connectivity index (χ2n) is 5.48. The Morgan fingerprint density at radius 2 is 1.88 bits per heavy atom. The second kappa shape index (κ2) is 4.70. The predicted molar refractivity (Wildman–Crippen MR) is 73.6 cm³/mol. The molecular weight excluding hydrogens is 236 g/mol. The summed E-state index contributed by atoms with van der Waals surface area (Å²) >= 11 is 8.64. The molecule has 90 valence electrons. The molecule has 1 unspecified atom stereocenters. The summed E-state index contributed by atoms with van der Waals surface area (Å²) in [5.74, 6) is 0. The molecule has 2 rings (SSSR count). The van der Waals surface area contributed by atoms with Crippen LogP contribution in [-0.2, 0) is 0 Å². The lowest BCUT2D eigenvalue weighted by Gasteiger charge is -2.37. The smallest absolute Gasteiger partial charge is 0.0734 e. The zero-order valence-electron chi connectivity index (χ0n) is 10.5. The van der Waals surface area contributed by atoms with Crippen LogP contribution >= 0.6 is 22.9 Å². The summed E-state index contributed by atoms with van der Waals surface area (Å²) in [4.78, 5) is 2.79. The molecule has 0 saturated heterocycles. The number of hydrogen-bond acceptors (Lipinski definition) is 1. The second-order valence-corrected chi connectivity index (χ2v) is 7.21. The van der Waals surface area contributed by atoms with Gasteiger partial charge in [-0.1, -0.05) is 26.2 Å². The lowest BCUT2D eigenvalue weighted by Crippen LogP contribution is -2.25. The Morgan fingerprint density at radius 3 is 2.38 bits per heavy atom. The maximum atomic E-state index is 6.76. The first kappa shape index (κ1) is 12.4. The van der Waals surface area contributed by atoms with Gasteiger partial charge in [0.15, 0.2) is 0 Å². The van der Waals surface area contributed by atoms with Crippen LogP contribution in [-0.4, -0.2) is 0 Å². The summed E-state index contributed by atoms with van der Waals surface area (Å²) in [6.45, 7) is 6.74. The topological polar surface area (TPSA) is 0 Å². The summed E-state index contributed by atoms with van der Waals surface area (Å²) in [7, 11) is 0. The van der Waals surface area contributed by atoms with Crippen molar-refractivity contribution in [2.75, 3.05) is 0 Å². The average molecular weight is 257 g/mol. The highest BCUT2D eigenvalue weighted by molar-refractivity contribution is 7.12. The van der Waals surface area contributed by atoms with Crippen molar-refractivity contribution in [3.8, 4) is 0 Å². The van der Waals surface area contributed by atoms with Crippen LogP contribution in [0.25, 0.3) is 0 Å². The maximum Gasteiger partial charge on any atom is 0.0734 e. The lowest BCUT2D eigenvalue weighted by molar-refractivity contribution is 0.208. The molecule has 0 aromatic carbocycles. The van der Waals surface area contributed by atoms with Gasteiger partial charge in [-0.15, -0.1) is 22.9 Å². The fourth-order valence-corrected chi connectivity index (χ4v) is 4.55. The molecule has 0 spiro atoms. The normalized spacial score (nSPS) is 22.0. The Bertz CT molecular complexity index is 361. The number of halogens is 1. The number of thiophene rings is 1. The Hall–Kier alpha value is -0.0100. The van der Waals surface area contributed by atoms with Crippen molar-refractivity contribution in [1.29, 1.82) is 0 Å². The van der Waals surface area contributed by atoms with E-state index in [0.29, 0.717) is 5.41 Å². The van der Waals surface area contributed by atoms with E-state index in [1.165, 1.54) is 47.4 Å². The van der Waals surface area contributed by atoms with Crippen LogP contribution in [0.2, 0.25) is 0 Å². The van der Waals surface area contributed by atoms with E-state index in [1.807, 2.05) is 11.3 Å². The first-order chi connectivity index (χ1) is 7.53. The standard InChI is InChI=1S/C14H21ClS/c1-10-9-11(2)16-12(10)13(15)14(3)7-5-4-6-8-14/h9,13H,4-8H2,1-3H3. The largest absolute Gasteiger partial charge is 0.144 e. The van der Waals surface area contributed by atoms with Crippen molar-refractivity contribution in [3.05, 3.63) is 21.4 Å². The monoisotopic (exact) mass is 256 g/mol. The molecule has 1 heterocycles. The highest BCUT2D eigenvalue weighted by Gasteiger charge is 2.36. The molecule has 0 aliphatic heterocycles. The van der Waals surface area contributed by atoms with Crippen molar-refractivity contribution >= 4 is 22.9 Å². The first-order valence-corrected chi connectivity index (χ1v) is 7.49. The third-order valence-corrected chi connectivity index (χ3v) is 6.01. The number of aryl methyl sites for hydroxylation is 2. The number of alkyl halides is 1. The van der Waals surface area contributed by atoms with Gasteiger partial charge in [0, 0.05) is 9.75 Å². The molecule has 2 heteroatoms. The van der Waals surface area contributed by atoms with Crippen LogP contribution in [0.15, 0.2) is 6.07 Å². The molecule has 0 bridgehead atoms. The fraction of sp³-hybridized carbons (Fsp3) is 0.714.